The molecule has 3 atom stereocenters. The van der Waals surface area contributed by atoms with Gasteiger partial charge in [-0.1, -0.05) is 13.3 Å². The maximum absolute atomic E-state index is 12.4. The number of rotatable bonds is 2. The molecule has 2 rings (SSSR count). The normalized spacial score (nSPS) is 35.2. The summed E-state index contributed by atoms with van der Waals surface area (Å²) in [5.74, 6) is 1.08. The van der Waals surface area contributed by atoms with Gasteiger partial charge in [0.25, 0.3) is 0 Å². The first-order chi connectivity index (χ1) is 8.11. The molecule has 17 heavy (non-hydrogen) atoms. The highest BCUT2D eigenvalue weighted by atomic mass is 16.2. The van der Waals surface area contributed by atoms with Crippen LogP contribution in [0.4, 0.5) is 0 Å². The van der Waals surface area contributed by atoms with E-state index in [4.69, 9.17) is 5.73 Å². The van der Waals surface area contributed by atoms with Crippen LogP contribution in [0, 0.1) is 11.8 Å². The van der Waals surface area contributed by atoms with Crippen molar-refractivity contribution >= 4 is 5.91 Å². The molecule has 2 saturated heterocycles. The molecule has 0 aromatic carbocycles. The van der Waals surface area contributed by atoms with Gasteiger partial charge in [0.2, 0.25) is 5.91 Å². The van der Waals surface area contributed by atoms with E-state index < -0.39 is 0 Å². The van der Waals surface area contributed by atoms with Crippen molar-refractivity contribution in [3.8, 4) is 0 Å². The highest BCUT2D eigenvalue weighted by Gasteiger charge is 2.34. The number of carbonyl (C=O) groups excluding carboxylic acids is 1. The van der Waals surface area contributed by atoms with Crippen LogP contribution in [0.2, 0.25) is 0 Å². The second-order valence-corrected chi connectivity index (χ2v) is 5.65. The fourth-order valence-electron chi connectivity index (χ4n) is 3.08. The van der Waals surface area contributed by atoms with Crippen LogP contribution < -0.4 is 5.73 Å². The molecule has 2 aliphatic rings. The number of nitrogens with zero attached hydrogens (tertiary/aromatic N) is 2. The van der Waals surface area contributed by atoms with Gasteiger partial charge in [0.1, 0.15) is 0 Å². The van der Waals surface area contributed by atoms with Crippen molar-refractivity contribution in [2.75, 3.05) is 33.2 Å². The highest BCUT2D eigenvalue weighted by molar-refractivity contribution is 5.79. The standard InChI is InChI=1S/C13H25N3O/c1-3-10-9-16(7-5-12(10)14)13(17)11-4-6-15(2)8-11/h10-12H,3-9,14H2,1-2H3. The number of carbonyl (C=O) groups is 1. The second kappa shape index (κ2) is 5.36. The summed E-state index contributed by atoms with van der Waals surface area (Å²) in [6.45, 7) is 5.88. The number of hydrogen-bond acceptors (Lipinski definition) is 3. The monoisotopic (exact) mass is 239 g/mol. The maximum Gasteiger partial charge on any atom is 0.227 e. The maximum atomic E-state index is 12.4. The molecule has 2 fully saturated rings. The third-order valence-corrected chi connectivity index (χ3v) is 4.37. The van der Waals surface area contributed by atoms with Crippen molar-refractivity contribution in [3.63, 3.8) is 0 Å². The Kier molecular flexibility index (Phi) is 4.05. The molecule has 98 valence electrons. The Bertz CT molecular complexity index is 282. The molecule has 4 nitrogen and oxygen atoms in total. The Hall–Kier alpha value is -0.610. The average Bonchev–Trinajstić information content (AvgIpc) is 2.75. The molecule has 0 spiro atoms. The van der Waals surface area contributed by atoms with Crippen LogP contribution in [0.15, 0.2) is 0 Å². The zero-order valence-corrected chi connectivity index (χ0v) is 11.1. The lowest BCUT2D eigenvalue weighted by molar-refractivity contribution is -0.137. The fourth-order valence-corrected chi connectivity index (χ4v) is 3.08. The lowest BCUT2D eigenvalue weighted by atomic mass is 9.90. The number of hydrogen-bond donors (Lipinski definition) is 1. The van der Waals surface area contributed by atoms with Gasteiger partial charge in [-0.3, -0.25) is 4.79 Å². The number of likely N-dealkylation sites (tertiary alicyclic amines) is 2. The van der Waals surface area contributed by atoms with Crippen LogP contribution in [0.1, 0.15) is 26.2 Å². The first-order valence-electron chi connectivity index (χ1n) is 6.84. The van der Waals surface area contributed by atoms with Crippen molar-refractivity contribution < 1.29 is 4.79 Å². The molecule has 2 N–H and O–H groups in total. The molecule has 0 aliphatic carbocycles. The molecule has 1 amide bonds. The summed E-state index contributed by atoms with van der Waals surface area (Å²) >= 11 is 0. The van der Waals surface area contributed by atoms with Crippen molar-refractivity contribution in [1.82, 2.24) is 9.80 Å². The Morgan fingerprint density at radius 3 is 2.65 bits per heavy atom. The molecular weight excluding hydrogens is 214 g/mol. The Balaban J connectivity index is 1.91. The first kappa shape index (κ1) is 12.8. The van der Waals surface area contributed by atoms with Gasteiger partial charge in [-0.25, -0.2) is 0 Å². The first-order valence-corrected chi connectivity index (χ1v) is 6.84. The van der Waals surface area contributed by atoms with E-state index in [0.717, 1.165) is 45.4 Å². The van der Waals surface area contributed by atoms with Crippen LogP contribution >= 0.6 is 0 Å². The van der Waals surface area contributed by atoms with E-state index in [1.165, 1.54) is 0 Å². The predicted molar refractivity (Wildman–Crippen MR) is 68.6 cm³/mol. The van der Waals surface area contributed by atoms with Gasteiger partial charge in [-0.2, -0.15) is 0 Å². The number of amides is 1. The predicted octanol–water partition coefficient (Wildman–Crippen LogP) is 0.524. The Morgan fingerprint density at radius 2 is 2.06 bits per heavy atom. The minimum atomic E-state index is 0.229. The van der Waals surface area contributed by atoms with Crippen LogP contribution in [0.25, 0.3) is 0 Å². The van der Waals surface area contributed by atoms with Gasteiger partial charge in [-0.15, -0.1) is 0 Å². The third kappa shape index (κ3) is 2.80. The Morgan fingerprint density at radius 1 is 1.29 bits per heavy atom. The van der Waals surface area contributed by atoms with Gasteiger partial charge >= 0.3 is 0 Å². The number of piperidine rings is 1. The van der Waals surface area contributed by atoms with E-state index in [-0.39, 0.29) is 12.0 Å². The molecule has 0 radical (unpaired) electrons. The summed E-state index contributed by atoms with van der Waals surface area (Å²) in [5, 5.41) is 0. The summed E-state index contributed by atoms with van der Waals surface area (Å²) in [7, 11) is 2.09. The van der Waals surface area contributed by atoms with E-state index in [1.54, 1.807) is 0 Å². The SMILES string of the molecule is CCC1CN(C(=O)C2CCN(C)C2)CCC1N. The van der Waals surface area contributed by atoms with Crippen molar-refractivity contribution in [2.45, 2.75) is 32.2 Å². The van der Waals surface area contributed by atoms with E-state index >= 15 is 0 Å². The molecule has 2 heterocycles. The van der Waals surface area contributed by atoms with Crippen molar-refractivity contribution in [3.05, 3.63) is 0 Å². The van der Waals surface area contributed by atoms with Gasteiger partial charge in [-0.05, 0) is 32.4 Å². The fraction of sp³-hybridized carbons (Fsp3) is 0.923. The van der Waals surface area contributed by atoms with Crippen LogP contribution in [0.3, 0.4) is 0 Å². The van der Waals surface area contributed by atoms with Crippen molar-refractivity contribution in [2.24, 2.45) is 17.6 Å². The third-order valence-electron chi connectivity index (χ3n) is 4.37. The number of nitrogens with two attached hydrogens (primary N) is 1. The lowest BCUT2D eigenvalue weighted by Crippen LogP contribution is -2.50. The van der Waals surface area contributed by atoms with Crippen molar-refractivity contribution in [1.29, 1.82) is 0 Å². The van der Waals surface area contributed by atoms with Crippen LogP contribution in [0.5, 0.6) is 0 Å². The molecule has 3 unspecified atom stereocenters. The van der Waals surface area contributed by atoms with E-state index in [9.17, 15) is 4.79 Å². The molecule has 0 aromatic rings. The summed E-state index contributed by atoms with van der Waals surface area (Å²) in [6.07, 6.45) is 3.07. The largest absolute Gasteiger partial charge is 0.342 e. The average molecular weight is 239 g/mol. The van der Waals surface area contributed by atoms with Crippen LogP contribution in [-0.4, -0.2) is 55.0 Å². The second-order valence-electron chi connectivity index (χ2n) is 5.65. The molecule has 0 aromatic heterocycles. The van der Waals surface area contributed by atoms with E-state index in [2.05, 4.69) is 23.8 Å². The van der Waals surface area contributed by atoms with Gasteiger partial charge in [0.15, 0.2) is 0 Å². The van der Waals surface area contributed by atoms with Gasteiger partial charge < -0.3 is 15.5 Å². The zero-order valence-electron chi connectivity index (χ0n) is 11.1. The minimum absolute atomic E-state index is 0.229. The van der Waals surface area contributed by atoms with Gasteiger partial charge in [0, 0.05) is 25.7 Å². The summed E-state index contributed by atoms with van der Waals surface area (Å²) in [6, 6.07) is 0.287. The molecule has 0 bridgehead atoms. The zero-order chi connectivity index (χ0) is 12.4. The topological polar surface area (TPSA) is 49.6 Å². The summed E-state index contributed by atoms with van der Waals surface area (Å²) in [5.41, 5.74) is 6.08. The Labute approximate surface area is 104 Å². The summed E-state index contributed by atoms with van der Waals surface area (Å²) in [4.78, 5) is 16.7. The smallest absolute Gasteiger partial charge is 0.227 e. The lowest BCUT2D eigenvalue weighted by Gasteiger charge is -2.37. The van der Waals surface area contributed by atoms with E-state index in [1.807, 2.05) is 0 Å². The highest BCUT2D eigenvalue weighted by Crippen LogP contribution is 2.23. The molecule has 4 heteroatoms. The van der Waals surface area contributed by atoms with Crippen LogP contribution in [-0.2, 0) is 4.79 Å². The molecule has 0 saturated carbocycles. The van der Waals surface area contributed by atoms with Gasteiger partial charge in [0.05, 0.1) is 5.92 Å². The minimum Gasteiger partial charge on any atom is -0.342 e. The molecular formula is C13H25N3O. The summed E-state index contributed by atoms with van der Waals surface area (Å²) < 4.78 is 0. The van der Waals surface area contributed by atoms with E-state index in [0.29, 0.717) is 11.8 Å². The molecule has 2 aliphatic heterocycles. The quantitative estimate of drug-likeness (QED) is 0.764.